The molecule has 1 fully saturated rings. The first-order valence-corrected chi connectivity index (χ1v) is 6.75. The van der Waals surface area contributed by atoms with E-state index in [1.54, 1.807) is 0 Å². The number of amides is 3. The molecule has 0 unspecified atom stereocenters. The summed E-state index contributed by atoms with van der Waals surface area (Å²) in [6.45, 7) is 3.74. The van der Waals surface area contributed by atoms with Gasteiger partial charge < -0.3 is 15.4 Å². The second-order valence-corrected chi connectivity index (χ2v) is 4.51. The van der Waals surface area contributed by atoms with Crippen molar-refractivity contribution in [1.82, 2.24) is 10.2 Å². The Bertz CT molecular complexity index is 490. The number of nitrogens with one attached hydrogen (secondary N) is 2. The second-order valence-electron chi connectivity index (χ2n) is 4.51. The monoisotopic (exact) mass is 277 g/mol. The Morgan fingerprint density at radius 2 is 2.35 bits per heavy atom. The first kappa shape index (κ1) is 14.2. The van der Waals surface area contributed by atoms with Gasteiger partial charge in [0, 0.05) is 24.8 Å². The first-order valence-electron chi connectivity index (χ1n) is 6.75. The van der Waals surface area contributed by atoms with E-state index in [1.807, 2.05) is 31.2 Å². The van der Waals surface area contributed by atoms with Crippen LogP contribution in [0.3, 0.4) is 0 Å². The van der Waals surface area contributed by atoms with Crippen molar-refractivity contribution in [2.24, 2.45) is 0 Å². The molecule has 2 rings (SSSR count). The van der Waals surface area contributed by atoms with Crippen molar-refractivity contribution in [3.05, 3.63) is 24.3 Å². The lowest BCUT2D eigenvalue weighted by molar-refractivity contribution is -0.125. The van der Waals surface area contributed by atoms with Gasteiger partial charge in [-0.1, -0.05) is 13.0 Å². The summed E-state index contributed by atoms with van der Waals surface area (Å²) in [6, 6.07) is 7.11. The number of hydrogen-bond acceptors (Lipinski definition) is 4. The maximum atomic E-state index is 11.9. The molecule has 0 radical (unpaired) electrons. The standard InChI is InChI=1S/C14H19N3O3/c1-2-8-20-12-5-3-4-11(9-12)16-10-13(18)17-7-6-15-14(17)19/h3-5,9,16H,2,6-8,10H2,1H3,(H,15,19). The van der Waals surface area contributed by atoms with Gasteiger partial charge in [0.2, 0.25) is 5.91 Å². The zero-order valence-electron chi connectivity index (χ0n) is 11.5. The van der Waals surface area contributed by atoms with Gasteiger partial charge in [-0.3, -0.25) is 9.69 Å². The summed E-state index contributed by atoms with van der Waals surface area (Å²) in [5.41, 5.74) is 0.798. The summed E-state index contributed by atoms with van der Waals surface area (Å²) in [6.07, 6.45) is 0.945. The zero-order valence-corrected chi connectivity index (χ0v) is 11.5. The van der Waals surface area contributed by atoms with E-state index in [-0.39, 0.29) is 18.5 Å². The zero-order chi connectivity index (χ0) is 14.4. The van der Waals surface area contributed by atoms with Gasteiger partial charge in [-0.05, 0) is 18.6 Å². The average molecular weight is 277 g/mol. The van der Waals surface area contributed by atoms with Gasteiger partial charge >= 0.3 is 6.03 Å². The Morgan fingerprint density at radius 3 is 3.05 bits per heavy atom. The lowest BCUT2D eigenvalue weighted by atomic mass is 10.3. The third-order valence-corrected chi connectivity index (χ3v) is 2.91. The SMILES string of the molecule is CCCOc1cccc(NCC(=O)N2CCNC2=O)c1. The molecular formula is C14H19N3O3. The number of nitrogens with zero attached hydrogens (tertiary/aromatic N) is 1. The van der Waals surface area contributed by atoms with Crippen molar-refractivity contribution in [2.75, 3.05) is 31.6 Å². The van der Waals surface area contributed by atoms with E-state index in [9.17, 15) is 9.59 Å². The Hall–Kier alpha value is -2.24. The minimum Gasteiger partial charge on any atom is -0.494 e. The summed E-state index contributed by atoms with van der Waals surface area (Å²) in [4.78, 5) is 24.4. The molecule has 1 aromatic carbocycles. The number of ether oxygens (including phenoxy) is 1. The maximum Gasteiger partial charge on any atom is 0.324 e. The third kappa shape index (κ3) is 3.63. The molecule has 6 heteroatoms. The molecule has 108 valence electrons. The van der Waals surface area contributed by atoms with Gasteiger partial charge in [0.25, 0.3) is 0 Å². The Balaban J connectivity index is 1.87. The fourth-order valence-corrected chi connectivity index (χ4v) is 1.90. The molecule has 0 spiro atoms. The van der Waals surface area contributed by atoms with Gasteiger partial charge in [0.05, 0.1) is 13.2 Å². The smallest absolute Gasteiger partial charge is 0.324 e. The molecule has 0 atom stereocenters. The summed E-state index contributed by atoms with van der Waals surface area (Å²) >= 11 is 0. The van der Waals surface area contributed by atoms with Gasteiger partial charge in [0.15, 0.2) is 0 Å². The van der Waals surface area contributed by atoms with Gasteiger partial charge in [0.1, 0.15) is 5.75 Å². The Kier molecular flexibility index (Phi) is 4.81. The number of rotatable bonds is 6. The largest absolute Gasteiger partial charge is 0.494 e. The molecule has 3 amide bonds. The van der Waals surface area contributed by atoms with Crippen LogP contribution in [0, 0.1) is 0 Å². The highest BCUT2D eigenvalue weighted by Gasteiger charge is 2.25. The molecule has 1 aliphatic heterocycles. The molecule has 0 saturated carbocycles. The van der Waals surface area contributed by atoms with Crippen LogP contribution in [-0.2, 0) is 4.79 Å². The van der Waals surface area contributed by atoms with E-state index in [1.165, 1.54) is 4.90 Å². The highest BCUT2D eigenvalue weighted by molar-refractivity contribution is 5.97. The number of imide groups is 1. The van der Waals surface area contributed by atoms with E-state index in [0.717, 1.165) is 17.9 Å². The normalized spacial score (nSPS) is 14.1. The number of benzene rings is 1. The topological polar surface area (TPSA) is 70.7 Å². The predicted molar refractivity (Wildman–Crippen MR) is 75.8 cm³/mol. The summed E-state index contributed by atoms with van der Waals surface area (Å²) in [5, 5.41) is 5.61. The van der Waals surface area contributed by atoms with Gasteiger partial charge in [-0.2, -0.15) is 0 Å². The molecule has 20 heavy (non-hydrogen) atoms. The number of hydrogen-bond donors (Lipinski definition) is 2. The van der Waals surface area contributed by atoms with Crippen LogP contribution in [0.25, 0.3) is 0 Å². The maximum absolute atomic E-state index is 11.9. The minimum atomic E-state index is -0.322. The molecule has 6 nitrogen and oxygen atoms in total. The van der Waals surface area contributed by atoms with Crippen LogP contribution in [0.5, 0.6) is 5.75 Å². The van der Waals surface area contributed by atoms with Gasteiger partial charge in [-0.25, -0.2) is 4.79 Å². The molecule has 0 bridgehead atoms. The van der Waals surface area contributed by atoms with Crippen LogP contribution in [0.2, 0.25) is 0 Å². The summed E-state index contributed by atoms with van der Waals surface area (Å²) in [5.74, 6) is 0.531. The van der Waals surface area contributed by atoms with Crippen LogP contribution in [0.1, 0.15) is 13.3 Å². The van der Waals surface area contributed by atoms with Crippen LogP contribution in [-0.4, -0.2) is 43.1 Å². The Labute approximate surface area is 118 Å². The second kappa shape index (κ2) is 6.79. The predicted octanol–water partition coefficient (Wildman–Crippen LogP) is 1.44. The van der Waals surface area contributed by atoms with Crippen LogP contribution in [0.4, 0.5) is 10.5 Å². The van der Waals surface area contributed by atoms with Crippen LogP contribution >= 0.6 is 0 Å². The summed E-state index contributed by atoms with van der Waals surface area (Å²) < 4.78 is 5.52. The van der Waals surface area contributed by atoms with Crippen molar-refractivity contribution in [2.45, 2.75) is 13.3 Å². The molecule has 1 aliphatic rings. The van der Waals surface area contributed by atoms with Crippen LogP contribution < -0.4 is 15.4 Å². The van der Waals surface area contributed by atoms with Gasteiger partial charge in [-0.15, -0.1) is 0 Å². The molecule has 0 aromatic heterocycles. The van der Waals surface area contributed by atoms with E-state index in [4.69, 9.17) is 4.74 Å². The number of anilines is 1. The van der Waals surface area contributed by atoms with Crippen molar-refractivity contribution in [3.63, 3.8) is 0 Å². The summed E-state index contributed by atoms with van der Waals surface area (Å²) in [7, 11) is 0. The molecule has 1 heterocycles. The lowest BCUT2D eigenvalue weighted by Crippen LogP contribution is -2.37. The van der Waals surface area contributed by atoms with Crippen LogP contribution in [0.15, 0.2) is 24.3 Å². The minimum absolute atomic E-state index is 0.0879. The number of carbonyl (C=O) groups is 2. The molecule has 1 saturated heterocycles. The quantitative estimate of drug-likeness (QED) is 0.825. The number of urea groups is 1. The fourth-order valence-electron chi connectivity index (χ4n) is 1.90. The lowest BCUT2D eigenvalue weighted by Gasteiger charge is -2.13. The van der Waals surface area contributed by atoms with Crippen molar-refractivity contribution >= 4 is 17.6 Å². The average Bonchev–Trinajstić information content (AvgIpc) is 2.89. The van der Waals surface area contributed by atoms with E-state index >= 15 is 0 Å². The fraction of sp³-hybridized carbons (Fsp3) is 0.429. The van der Waals surface area contributed by atoms with Crippen molar-refractivity contribution in [3.8, 4) is 5.75 Å². The molecular weight excluding hydrogens is 258 g/mol. The third-order valence-electron chi connectivity index (χ3n) is 2.91. The molecule has 1 aromatic rings. The Morgan fingerprint density at radius 1 is 1.50 bits per heavy atom. The first-order chi connectivity index (χ1) is 9.70. The highest BCUT2D eigenvalue weighted by atomic mass is 16.5. The van der Waals surface area contributed by atoms with Crippen molar-refractivity contribution < 1.29 is 14.3 Å². The van der Waals surface area contributed by atoms with E-state index < -0.39 is 0 Å². The highest BCUT2D eigenvalue weighted by Crippen LogP contribution is 2.17. The molecule has 0 aliphatic carbocycles. The van der Waals surface area contributed by atoms with E-state index in [2.05, 4.69) is 10.6 Å². The van der Waals surface area contributed by atoms with Crippen molar-refractivity contribution in [1.29, 1.82) is 0 Å². The van der Waals surface area contributed by atoms with E-state index in [0.29, 0.717) is 19.7 Å². The molecule has 2 N–H and O–H groups in total. The number of carbonyl (C=O) groups excluding carboxylic acids is 2.